The zero-order chi connectivity index (χ0) is 14.5. The van der Waals surface area contributed by atoms with Gasteiger partial charge in [0.15, 0.2) is 0 Å². The molecule has 1 aliphatic heterocycles. The Balaban J connectivity index is 1.87. The van der Waals surface area contributed by atoms with Crippen LogP contribution in [0, 0.1) is 0 Å². The molecule has 0 radical (unpaired) electrons. The lowest BCUT2D eigenvalue weighted by molar-refractivity contribution is -0.142. The van der Waals surface area contributed by atoms with Crippen LogP contribution in [0.3, 0.4) is 0 Å². The summed E-state index contributed by atoms with van der Waals surface area (Å²) in [5.74, 6) is -0.324. The Morgan fingerprint density at radius 1 is 1.40 bits per heavy atom. The van der Waals surface area contributed by atoms with Crippen molar-refractivity contribution < 1.29 is 14.3 Å². The summed E-state index contributed by atoms with van der Waals surface area (Å²) >= 11 is 1.40. The fourth-order valence-corrected chi connectivity index (χ4v) is 2.67. The number of methoxy groups -OCH3 is 1. The molecule has 1 aliphatic rings. The number of thiazole rings is 1. The molecule has 2 rings (SSSR count). The van der Waals surface area contributed by atoms with Gasteiger partial charge in [0.05, 0.1) is 13.7 Å². The number of carbonyl (C=O) groups is 2. The summed E-state index contributed by atoms with van der Waals surface area (Å²) in [6, 6.07) is 0. The standard InChI is InChI=1S/C12H18N4O3S/c1-19-11(17)7-15-2-4-16(5-3-15)12(18)9-8-20-10(6-13)14-9/h8H,2-7,13H2,1H3. The molecule has 1 aromatic rings. The molecular weight excluding hydrogens is 280 g/mol. The second-order valence-electron chi connectivity index (χ2n) is 4.48. The number of ether oxygens (including phenoxy) is 1. The number of aromatic nitrogens is 1. The van der Waals surface area contributed by atoms with Crippen molar-refractivity contribution in [1.82, 2.24) is 14.8 Å². The van der Waals surface area contributed by atoms with E-state index in [1.54, 1.807) is 10.3 Å². The molecule has 20 heavy (non-hydrogen) atoms. The highest BCUT2D eigenvalue weighted by molar-refractivity contribution is 7.09. The summed E-state index contributed by atoms with van der Waals surface area (Å²) in [6.45, 7) is 3.12. The maximum Gasteiger partial charge on any atom is 0.319 e. The number of piperazine rings is 1. The summed E-state index contributed by atoms with van der Waals surface area (Å²) in [7, 11) is 1.37. The molecule has 0 spiro atoms. The topological polar surface area (TPSA) is 88.8 Å². The van der Waals surface area contributed by atoms with Crippen LogP contribution in [0.2, 0.25) is 0 Å². The molecule has 0 aromatic carbocycles. The molecule has 0 atom stereocenters. The molecule has 110 valence electrons. The van der Waals surface area contributed by atoms with Crippen molar-refractivity contribution in [3.05, 3.63) is 16.1 Å². The highest BCUT2D eigenvalue weighted by atomic mass is 32.1. The van der Waals surface area contributed by atoms with Gasteiger partial charge in [0.2, 0.25) is 0 Å². The Labute approximate surface area is 121 Å². The molecule has 0 bridgehead atoms. The van der Waals surface area contributed by atoms with E-state index in [4.69, 9.17) is 5.73 Å². The van der Waals surface area contributed by atoms with Crippen LogP contribution in [0.15, 0.2) is 5.38 Å². The molecule has 1 fully saturated rings. The van der Waals surface area contributed by atoms with Crippen molar-refractivity contribution in [2.75, 3.05) is 39.8 Å². The summed E-state index contributed by atoms with van der Waals surface area (Å²) < 4.78 is 4.63. The lowest BCUT2D eigenvalue weighted by Crippen LogP contribution is -2.50. The van der Waals surface area contributed by atoms with Gasteiger partial charge < -0.3 is 15.4 Å². The number of esters is 1. The third kappa shape index (κ3) is 3.53. The largest absolute Gasteiger partial charge is 0.468 e. The normalized spacial score (nSPS) is 16.2. The molecule has 1 aromatic heterocycles. The number of rotatable bonds is 4. The monoisotopic (exact) mass is 298 g/mol. The summed E-state index contributed by atoms with van der Waals surface area (Å²) in [5, 5.41) is 2.50. The van der Waals surface area contributed by atoms with Crippen LogP contribution >= 0.6 is 11.3 Å². The van der Waals surface area contributed by atoms with Crippen LogP contribution in [-0.2, 0) is 16.1 Å². The van der Waals surface area contributed by atoms with E-state index in [1.807, 2.05) is 4.90 Å². The van der Waals surface area contributed by atoms with Crippen LogP contribution < -0.4 is 5.73 Å². The third-order valence-electron chi connectivity index (χ3n) is 3.19. The van der Waals surface area contributed by atoms with Crippen LogP contribution in [0.25, 0.3) is 0 Å². The molecule has 2 heterocycles. The summed E-state index contributed by atoms with van der Waals surface area (Å²) in [4.78, 5) is 31.3. The number of carbonyl (C=O) groups excluding carboxylic acids is 2. The van der Waals surface area contributed by atoms with E-state index >= 15 is 0 Å². The van der Waals surface area contributed by atoms with Crippen LogP contribution in [0.5, 0.6) is 0 Å². The number of hydrogen-bond donors (Lipinski definition) is 1. The van der Waals surface area contributed by atoms with E-state index in [0.717, 1.165) is 5.01 Å². The van der Waals surface area contributed by atoms with Crippen molar-refractivity contribution in [2.24, 2.45) is 5.73 Å². The van der Waals surface area contributed by atoms with Gasteiger partial charge in [-0.05, 0) is 0 Å². The molecule has 8 heteroatoms. The first-order chi connectivity index (χ1) is 9.63. The SMILES string of the molecule is COC(=O)CN1CCN(C(=O)c2csc(CN)n2)CC1. The van der Waals surface area contributed by atoms with Gasteiger partial charge in [-0.3, -0.25) is 14.5 Å². The maximum atomic E-state index is 12.2. The van der Waals surface area contributed by atoms with E-state index in [-0.39, 0.29) is 18.4 Å². The Hall–Kier alpha value is -1.51. The van der Waals surface area contributed by atoms with Crippen molar-refractivity contribution in [2.45, 2.75) is 6.54 Å². The van der Waals surface area contributed by atoms with Crippen LogP contribution in [0.4, 0.5) is 0 Å². The summed E-state index contributed by atoms with van der Waals surface area (Å²) in [5.41, 5.74) is 5.95. The van der Waals surface area contributed by atoms with Gasteiger partial charge >= 0.3 is 5.97 Å². The predicted octanol–water partition coefficient (Wildman–Crippen LogP) is -0.467. The van der Waals surface area contributed by atoms with Gasteiger partial charge in [-0.1, -0.05) is 0 Å². The minimum absolute atomic E-state index is 0.0707. The number of nitrogens with two attached hydrogens (primary N) is 1. The first-order valence-corrected chi connectivity index (χ1v) is 7.25. The van der Waals surface area contributed by atoms with E-state index in [0.29, 0.717) is 38.4 Å². The quantitative estimate of drug-likeness (QED) is 0.756. The molecule has 0 unspecified atom stereocenters. The Bertz CT molecular complexity index is 483. The van der Waals surface area contributed by atoms with Crippen molar-refractivity contribution in [3.63, 3.8) is 0 Å². The molecule has 1 saturated heterocycles. The first-order valence-electron chi connectivity index (χ1n) is 6.37. The van der Waals surface area contributed by atoms with Crippen LogP contribution in [-0.4, -0.2) is 66.5 Å². The lowest BCUT2D eigenvalue weighted by atomic mass is 10.3. The number of amides is 1. The second-order valence-corrected chi connectivity index (χ2v) is 5.42. The highest BCUT2D eigenvalue weighted by Crippen LogP contribution is 2.13. The van der Waals surface area contributed by atoms with E-state index in [1.165, 1.54) is 18.4 Å². The molecule has 1 amide bonds. The Kier molecular flexibility index (Phi) is 5.05. The molecule has 0 aliphatic carbocycles. The number of hydrogen-bond acceptors (Lipinski definition) is 7. The molecule has 7 nitrogen and oxygen atoms in total. The van der Waals surface area contributed by atoms with Gasteiger partial charge in [0.1, 0.15) is 10.7 Å². The lowest BCUT2D eigenvalue weighted by Gasteiger charge is -2.33. The Morgan fingerprint density at radius 3 is 2.65 bits per heavy atom. The fourth-order valence-electron chi connectivity index (χ4n) is 2.02. The number of nitrogens with zero attached hydrogens (tertiary/aromatic N) is 3. The third-order valence-corrected chi connectivity index (χ3v) is 4.06. The van der Waals surface area contributed by atoms with Crippen molar-refractivity contribution in [1.29, 1.82) is 0 Å². The molecular formula is C12H18N4O3S. The Morgan fingerprint density at radius 2 is 2.10 bits per heavy atom. The first kappa shape index (κ1) is 14.9. The minimum atomic E-state index is -0.253. The fraction of sp³-hybridized carbons (Fsp3) is 0.583. The van der Waals surface area contributed by atoms with Crippen LogP contribution in [0.1, 0.15) is 15.5 Å². The van der Waals surface area contributed by atoms with Crippen molar-refractivity contribution >= 4 is 23.2 Å². The van der Waals surface area contributed by atoms with E-state index in [9.17, 15) is 9.59 Å². The van der Waals surface area contributed by atoms with Crippen molar-refractivity contribution in [3.8, 4) is 0 Å². The second kappa shape index (κ2) is 6.78. The van der Waals surface area contributed by atoms with E-state index in [2.05, 4.69) is 9.72 Å². The predicted molar refractivity (Wildman–Crippen MR) is 74.4 cm³/mol. The van der Waals surface area contributed by atoms with Gasteiger partial charge in [-0.2, -0.15) is 0 Å². The maximum absolute atomic E-state index is 12.2. The zero-order valence-corrected chi connectivity index (χ0v) is 12.2. The minimum Gasteiger partial charge on any atom is -0.468 e. The summed E-state index contributed by atoms with van der Waals surface area (Å²) in [6.07, 6.45) is 0. The average Bonchev–Trinajstić information content (AvgIpc) is 2.96. The van der Waals surface area contributed by atoms with Gasteiger partial charge in [0.25, 0.3) is 5.91 Å². The average molecular weight is 298 g/mol. The van der Waals surface area contributed by atoms with Gasteiger partial charge in [-0.25, -0.2) is 4.98 Å². The van der Waals surface area contributed by atoms with E-state index < -0.39 is 0 Å². The molecule has 2 N–H and O–H groups in total. The van der Waals surface area contributed by atoms with Gasteiger partial charge in [0, 0.05) is 38.1 Å². The highest BCUT2D eigenvalue weighted by Gasteiger charge is 2.24. The molecule has 0 saturated carbocycles. The van der Waals surface area contributed by atoms with Gasteiger partial charge in [-0.15, -0.1) is 11.3 Å². The smallest absolute Gasteiger partial charge is 0.319 e. The zero-order valence-electron chi connectivity index (χ0n) is 11.4.